The molecule has 3 aromatic rings. The summed E-state index contributed by atoms with van der Waals surface area (Å²) in [5.74, 6) is 1.78. The van der Waals surface area contributed by atoms with E-state index in [1.165, 1.54) is 0 Å². The number of furan rings is 1. The topological polar surface area (TPSA) is 13.1 Å². The smallest absolute Gasteiger partial charge is 0.134 e. The molecule has 1 heterocycles. The minimum Gasteiger partial charge on any atom is -0.456 e. The van der Waals surface area contributed by atoms with E-state index in [2.05, 4.69) is 15.9 Å². The zero-order chi connectivity index (χ0) is 12.4. The van der Waals surface area contributed by atoms with Gasteiger partial charge in [-0.3, -0.25) is 0 Å². The first-order valence-corrected chi connectivity index (χ1v) is 6.53. The molecule has 0 aliphatic heterocycles. The average molecular weight is 299 g/mol. The summed E-state index contributed by atoms with van der Waals surface area (Å²) in [4.78, 5) is 0. The van der Waals surface area contributed by atoms with Gasteiger partial charge in [0.2, 0.25) is 0 Å². The lowest BCUT2D eigenvalue weighted by Gasteiger charge is -1.98. The molecule has 3 rings (SSSR count). The Labute approximate surface area is 114 Å². The number of hydrogen-bond acceptors (Lipinski definition) is 1. The fraction of sp³-hybridized carbons (Fsp3) is 0. The summed E-state index contributed by atoms with van der Waals surface area (Å²) in [5.41, 5.74) is 2.17. The first-order chi connectivity index (χ1) is 8.83. The molecule has 0 aliphatic rings. The highest BCUT2D eigenvalue weighted by atomic mass is 79.9. The van der Waals surface area contributed by atoms with Gasteiger partial charge in [0.25, 0.3) is 0 Å². The minimum atomic E-state index is 0.884. The van der Waals surface area contributed by atoms with Crippen LogP contribution in [0, 0.1) is 0 Å². The van der Waals surface area contributed by atoms with Crippen LogP contribution < -0.4 is 0 Å². The van der Waals surface area contributed by atoms with Crippen molar-refractivity contribution in [1.29, 1.82) is 0 Å². The van der Waals surface area contributed by atoms with Gasteiger partial charge in [-0.25, -0.2) is 0 Å². The fourth-order valence-corrected chi connectivity index (χ4v) is 2.29. The van der Waals surface area contributed by atoms with Gasteiger partial charge in [0, 0.05) is 15.6 Å². The second-order valence-corrected chi connectivity index (χ2v) is 4.96. The van der Waals surface area contributed by atoms with Crippen LogP contribution in [0.3, 0.4) is 0 Å². The lowest BCUT2D eigenvalue weighted by Crippen LogP contribution is -1.73. The molecule has 2 heteroatoms. The third-order valence-corrected chi connectivity index (χ3v) is 3.27. The molecular weight excluding hydrogens is 288 g/mol. The van der Waals surface area contributed by atoms with Gasteiger partial charge in [-0.2, -0.15) is 0 Å². The van der Waals surface area contributed by atoms with E-state index >= 15 is 0 Å². The molecule has 0 saturated heterocycles. The van der Waals surface area contributed by atoms with Crippen molar-refractivity contribution in [3.8, 4) is 22.6 Å². The molecule has 0 aliphatic carbocycles. The quantitative estimate of drug-likeness (QED) is 0.619. The molecule has 0 atom stereocenters. The van der Waals surface area contributed by atoms with Crippen molar-refractivity contribution in [3.63, 3.8) is 0 Å². The molecule has 0 saturated carbocycles. The van der Waals surface area contributed by atoms with Gasteiger partial charge in [-0.05, 0) is 24.3 Å². The molecule has 0 unspecified atom stereocenters. The van der Waals surface area contributed by atoms with Crippen LogP contribution in [0.1, 0.15) is 0 Å². The van der Waals surface area contributed by atoms with E-state index in [0.717, 1.165) is 27.1 Å². The van der Waals surface area contributed by atoms with E-state index in [-0.39, 0.29) is 0 Å². The molecule has 1 aromatic heterocycles. The third kappa shape index (κ3) is 2.24. The van der Waals surface area contributed by atoms with E-state index in [1.54, 1.807) is 0 Å². The van der Waals surface area contributed by atoms with Crippen LogP contribution >= 0.6 is 15.9 Å². The van der Waals surface area contributed by atoms with Gasteiger partial charge in [-0.15, -0.1) is 0 Å². The van der Waals surface area contributed by atoms with Crippen LogP contribution in [0.4, 0.5) is 0 Å². The van der Waals surface area contributed by atoms with Crippen molar-refractivity contribution < 1.29 is 4.42 Å². The van der Waals surface area contributed by atoms with Crippen molar-refractivity contribution >= 4 is 15.9 Å². The summed E-state index contributed by atoms with van der Waals surface area (Å²) >= 11 is 3.47. The Kier molecular flexibility index (Phi) is 3.03. The van der Waals surface area contributed by atoms with Crippen LogP contribution in [0.15, 0.2) is 75.6 Å². The molecule has 0 bridgehead atoms. The second kappa shape index (κ2) is 4.83. The SMILES string of the molecule is Brc1cccc(-c2ccc(-c3ccccc3)o2)c1. The summed E-state index contributed by atoms with van der Waals surface area (Å²) in [6.45, 7) is 0. The molecule has 0 spiro atoms. The predicted octanol–water partition coefficient (Wildman–Crippen LogP) is 5.38. The van der Waals surface area contributed by atoms with Gasteiger partial charge in [0.15, 0.2) is 0 Å². The second-order valence-electron chi connectivity index (χ2n) is 4.04. The number of halogens is 1. The van der Waals surface area contributed by atoms with Crippen molar-refractivity contribution in [1.82, 2.24) is 0 Å². The first kappa shape index (κ1) is 11.3. The molecule has 2 aromatic carbocycles. The number of benzene rings is 2. The zero-order valence-electron chi connectivity index (χ0n) is 9.64. The summed E-state index contributed by atoms with van der Waals surface area (Å²) in [6.07, 6.45) is 0. The Bertz CT molecular complexity index is 656. The van der Waals surface area contributed by atoms with Crippen LogP contribution in [-0.4, -0.2) is 0 Å². The monoisotopic (exact) mass is 298 g/mol. The fourth-order valence-electron chi connectivity index (χ4n) is 1.89. The standard InChI is InChI=1S/C16H11BrO/c17-14-8-4-7-13(11-14)16-10-9-15(18-16)12-5-2-1-3-6-12/h1-11H. The van der Waals surface area contributed by atoms with Crippen molar-refractivity contribution in [2.24, 2.45) is 0 Å². The highest BCUT2D eigenvalue weighted by Crippen LogP contribution is 2.29. The maximum atomic E-state index is 5.89. The van der Waals surface area contributed by atoms with E-state index < -0.39 is 0 Å². The Hall–Kier alpha value is -1.80. The Morgan fingerprint density at radius 3 is 2.06 bits per heavy atom. The van der Waals surface area contributed by atoms with Crippen LogP contribution in [0.2, 0.25) is 0 Å². The molecule has 18 heavy (non-hydrogen) atoms. The van der Waals surface area contributed by atoms with E-state index in [0.29, 0.717) is 0 Å². The summed E-state index contributed by atoms with van der Waals surface area (Å²) in [7, 11) is 0. The van der Waals surface area contributed by atoms with E-state index in [1.807, 2.05) is 66.7 Å². The lowest BCUT2D eigenvalue weighted by atomic mass is 10.2. The van der Waals surface area contributed by atoms with Gasteiger partial charge >= 0.3 is 0 Å². The normalized spacial score (nSPS) is 10.5. The third-order valence-electron chi connectivity index (χ3n) is 2.77. The van der Waals surface area contributed by atoms with Crippen molar-refractivity contribution in [2.45, 2.75) is 0 Å². The molecule has 0 radical (unpaired) electrons. The van der Waals surface area contributed by atoms with Gasteiger partial charge < -0.3 is 4.42 Å². The maximum Gasteiger partial charge on any atom is 0.134 e. The van der Waals surface area contributed by atoms with E-state index in [4.69, 9.17) is 4.42 Å². The van der Waals surface area contributed by atoms with Crippen LogP contribution in [0.5, 0.6) is 0 Å². The molecule has 1 nitrogen and oxygen atoms in total. The van der Waals surface area contributed by atoms with Crippen molar-refractivity contribution in [3.05, 3.63) is 71.2 Å². The highest BCUT2D eigenvalue weighted by molar-refractivity contribution is 9.10. The minimum absolute atomic E-state index is 0.884. The Balaban J connectivity index is 2.00. The molecule has 0 fully saturated rings. The van der Waals surface area contributed by atoms with Gasteiger partial charge in [0.05, 0.1) is 0 Å². The van der Waals surface area contributed by atoms with Gasteiger partial charge in [-0.1, -0.05) is 58.4 Å². The lowest BCUT2D eigenvalue weighted by molar-refractivity contribution is 0.597. The van der Waals surface area contributed by atoms with Gasteiger partial charge in [0.1, 0.15) is 11.5 Å². The van der Waals surface area contributed by atoms with Crippen LogP contribution in [0.25, 0.3) is 22.6 Å². The molecule has 88 valence electrons. The Morgan fingerprint density at radius 2 is 1.33 bits per heavy atom. The summed E-state index contributed by atoms with van der Waals surface area (Å²) in [5, 5.41) is 0. The number of hydrogen-bond donors (Lipinski definition) is 0. The molecular formula is C16H11BrO. The average Bonchev–Trinajstić information content (AvgIpc) is 2.89. The van der Waals surface area contributed by atoms with E-state index in [9.17, 15) is 0 Å². The molecule has 0 amide bonds. The summed E-state index contributed by atoms with van der Waals surface area (Å²) < 4.78 is 6.94. The largest absolute Gasteiger partial charge is 0.456 e. The van der Waals surface area contributed by atoms with Crippen molar-refractivity contribution in [2.75, 3.05) is 0 Å². The predicted molar refractivity (Wildman–Crippen MR) is 77.3 cm³/mol. The zero-order valence-corrected chi connectivity index (χ0v) is 11.2. The molecule has 0 N–H and O–H groups in total. The highest BCUT2D eigenvalue weighted by Gasteiger charge is 2.06. The summed E-state index contributed by atoms with van der Waals surface area (Å²) in [6, 6.07) is 22.2. The Morgan fingerprint density at radius 1 is 0.667 bits per heavy atom. The number of rotatable bonds is 2. The van der Waals surface area contributed by atoms with Crippen LogP contribution in [-0.2, 0) is 0 Å². The maximum absolute atomic E-state index is 5.89. The first-order valence-electron chi connectivity index (χ1n) is 5.74.